The number of benzene rings is 2. The van der Waals surface area contributed by atoms with Crippen molar-refractivity contribution in [3.8, 4) is 0 Å². The van der Waals surface area contributed by atoms with Crippen LogP contribution in [0.25, 0.3) is 10.8 Å². The van der Waals surface area contributed by atoms with Crippen LogP contribution in [-0.4, -0.2) is 40.0 Å². The van der Waals surface area contributed by atoms with Gasteiger partial charge in [-0.2, -0.15) is 0 Å². The lowest BCUT2D eigenvalue weighted by Crippen LogP contribution is -2.38. The first-order valence-corrected chi connectivity index (χ1v) is 10.0. The lowest BCUT2D eigenvalue weighted by Gasteiger charge is -2.12. The highest BCUT2D eigenvalue weighted by Crippen LogP contribution is 2.18. The fourth-order valence-electron chi connectivity index (χ4n) is 2.97. The fraction of sp³-hybridized carbons (Fsp3) is 0.389. The minimum absolute atomic E-state index is 0.0824. The van der Waals surface area contributed by atoms with E-state index in [0.717, 1.165) is 30.2 Å². The van der Waals surface area contributed by atoms with E-state index in [1.165, 1.54) is 0 Å². The molecule has 0 aliphatic carbocycles. The second-order valence-electron chi connectivity index (χ2n) is 6.25. The van der Waals surface area contributed by atoms with E-state index in [2.05, 4.69) is 15.4 Å². The maximum atomic E-state index is 12.4. The van der Waals surface area contributed by atoms with Crippen molar-refractivity contribution in [3.05, 3.63) is 42.5 Å². The quantitative estimate of drug-likeness (QED) is 0.695. The van der Waals surface area contributed by atoms with E-state index in [0.29, 0.717) is 12.6 Å². The lowest BCUT2D eigenvalue weighted by atomic mass is 10.1. The molecule has 0 spiro atoms. The Morgan fingerprint density at radius 1 is 1.16 bits per heavy atom. The van der Waals surface area contributed by atoms with Gasteiger partial charge in [0, 0.05) is 25.6 Å². The van der Waals surface area contributed by atoms with E-state index in [1.807, 2.05) is 24.3 Å². The van der Waals surface area contributed by atoms with Gasteiger partial charge < -0.3 is 10.6 Å². The first kappa shape index (κ1) is 17.8. The Balaban J connectivity index is 1.51. The summed E-state index contributed by atoms with van der Waals surface area (Å²) in [5.74, 6) is -0.144. The number of hydrogen-bond donors (Lipinski definition) is 3. The molecule has 0 bridgehead atoms. The van der Waals surface area contributed by atoms with Gasteiger partial charge in [-0.05, 0) is 42.3 Å². The molecule has 3 N–H and O–H groups in total. The van der Waals surface area contributed by atoms with E-state index >= 15 is 0 Å². The topological polar surface area (TPSA) is 87.3 Å². The van der Waals surface area contributed by atoms with Gasteiger partial charge in [-0.15, -0.1) is 0 Å². The number of carbonyl (C=O) groups excluding carboxylic acids is 1. The number of rotatable bonds is 7. The molecule has 1 heterocycles. The molecule has 7 heteroatoms. The van der Waals surface area contributed by atoms with Crippen LogP contribution in [0.1, 0.15) is 19.3 Å². The molecular formula is C18H23N3O3S. The van der Waals surface area contributed by atoms with Gasteiger partial charge in [0.2, 0.25) is 15.9 Å². The minimum atomic E-state index is -3.62. The summed E-state index contributed by atoms with van der Waals surface area (Å²) >= 11 is 0. The molecule has 2 aromatic carbocycles. The van der Waals surface area contributed by atoms with Crippen LogP contribution < -0.4 is 15.4 Å². The first-order chi connectivity index (χ1) is 12.0. The Morgan fingerprint density at radius 3 is 2.72 bits per heavy atom. The van der Waals surface area contributed by atoms with Crippen molar-refractivity contribution in [1.29, 1.82) is 0 Å². The SMILES string of the molecule is O=C(CCNS(=O)(=O)c1ccc2ccccc2c1)NCC1CCCN1. The molecule has 0 aromatic heterocycles. The average Bonchev–Trinajstić information content (AvgIpc) is 3.13. The normalized spacial score (nSPS) is 17.7. The smallest absolute Gasteiger partial charge is 0.240 e. The maximum Gasteiger partial charge on any atom is 0.240 e. The molecular weight excluding hydrogens is 338 g/mol. The summed E-state index contributed by atoms with van der Waals surface area (Å²) < 4.78 is 27.2. The zero-order valence-corrected chi connectivity index (χ0v) is 14.8. The van der Waals surface area contributed by atoms with Crippen LogP contribution in [0.5, 0.6) is 0 Å². The van der Waals surface area contributed by atoms with Gasteiger partial charge in [0.25, 0.3) is 0 Å². The molecule has 1 saturated heterocycles. The van der Waals surface area contributed by atoms with Gasteiger partial charge in [0.15, 0.2) is 0 Å². The Hall–Kier alpha value is -1.96. The number of fused-ring (bicyclic) bond motifs is 1. The zero-order valence-electron chi connectivity index (χ0n) is 14.0. The standard InChI is InChI=1S/C18H23N3O3S/c22-18(20-13-16-6-3-10-19-16)9-11-21-25(23,24)17-8-7-14-4-1-2-5-15(14)12-17/h1-2,4-5,7-8,12,16,19,21H,3,6,9-11,13H2,(H,20,22). The summed E-state index contributed by atoms with van der Waals surface area (Å²) in [5, 5.41) is 8.00. The number of nitrogens with one attached hydrogen (secondary N) is 3. The van der Waals surface area contributed by atoms with Gasteiger partial charge in [-0.25, -0.2) is 13.1 Å². The molecule has 1 unspecified atom stereocenters. The van der Waals surface area contributed by atoms with Crippen LogP contribution in [0.3, 0.4) is 0 Å². The van der Waals surface area contributed by atoms with Crippen molar-refractivity contribution in [2.75, 3.05) is 19.6 Å². The second-order valence-corrected chi connectivity index (χ2v) is 8.02. The van der Waals surface area contributed by atoms with Gasteiger partial charge in [-0.3, -0.25) is 4.79 Å². The van der Waals surface area contributed by atoms with Crippen molar-refractivity contribution in [3.63, 3.8) is 0 Å². The van der Waals surface area contributed by atoms with Crippen LogP contribution in [0.2, 0.25) is 0 Å². The monoisotopic (exact) mass is 361 g/mol. The van der Waals surface area contributed by atoms with Crippen molar-refractivity contribution >= 4 is 26.7 Å². The molecule has 1 aliphatic heterocycles. The van der Waals surface area contributed by atoms with Crippen LogP contribution in [-0.2, 0) is 14.8 Å². The van der Waals surface area contributed by atoms with Gasteiger partial charge in [0.1, 0.15) is 0 Å². The third-order valence-corrected chi connectivity index (χ3v) is 5.84. The zero-order chi connectivity index (χ0) is 17.7. The average molecular weight is 361 g/mol. The second kappa shape index (κ2) is 7.95. The Bertz CT molecular complexity index is 846. The molecule has 6 nitrogen and oxygen atoms in total. The molecule has 1 aliphatic rings. The van der Waals surface area contributed by atoms with E-state index in [-0.39, 0.29) is 23.8 Å². The summed E-state index contributed by atoms with van der Waals surface area (Å²) in [6, 6.07) is 12.9. The first-order valence-electron chi connectivity index (χ1n) is 8.53. The van der Waals surface area contributed by atoms with Crippen molar-refractivity contribution < 1.29 is 13.2 Å². The van der Waals surface area contributed by atoms with E-state index in [1.54, 1.807) is 18.2 Å². The predicted molar refractivity (Wildman–Crippen MR) is 97.8 cm³/mol. The van der Waals surface area contributed by atoms with Gasteiger partial charge >= 0.3 is 0 Å². The molecule has 1 amide bonds. The summed E-state index contributed by atoms with van der Waals surface area (Å²) in [5.41, 5.74) is 0. The van der Waals surface area contributed by atoms with Crippen LogP contribution in [0.4, 0.5) is 0 Å². The minimum Gasteiger partial charge on any atom is -0.354 e. The van der Waals surface area contributed by atoms with Crippen molar-refractivity contribution in [2.24, 2.45) is 0 Å². The summed E-state index contributed by atoms with van der Waals surface area (Å²) in [7, 11) is -3.62. The van der Waals surface area contributed by atoms with E-state index in [4.69, 9.17) is 0 Å². The van der Waals surface area contributed by atoms with E-state index < -0.39 is 10.0 Å². The van der Waals surface area contributed by atoms with Gasteiger partial charge in [-0.1, -0.05) is 30.3 Å². The summed E-state index contributed by atoms with van der Waals surface area (Å²) in [6.45, 7) is 1.67. The molecule has 1 atom stereocenters. The summed E-state index contributed by atoms with van der Waals surface area (Å²) in [4.78, 5) is 12.0. The number of sulfonamides is 1. The Morgan fingerprint density at radius 2 is 1.96 bits per heavy atom. The number of amides is 1. The highest BCUT2D eigenvalue weighted by atomic mass is 32.2. The molecule has 2 aromatic rings. The van der Waals surface area contributed by atoms with Crippen LogP contribution in [0, 0.1) is 0 Å². The molecule has 0 radical (unpaired) electrons. The summed E-state index contributed by atoms with van der Waals surface area (Å²) in [6.07, 6.45) is 2.32. The molecule has 1 fully saturated rings. The highest BCUT2D eigenvalue weighted by Gasteiger charge is 2.16. The predicted octanol–water partition coefficient (Wildman–Crippen LogP) is 1.38. The number of hydrogen-bond acceptors (Lipinski definition) is 4. The van der Waals surface area contributed by atoms with Crippen LogP contribution >= 0.6 is 0 Å². The molecule has 0 saturated carbocycles. The maximum absolute atomic E-state index is 12.4. The third-order valence-electron chi connectivity index (χ3n) is 4.38. The fourth-order valence-corrected chi connectivity index (χ4v) is 4.04. The molecule has 134 valence electrons. The highest BCUT2D eigenvalue weighted by molar-refractivity contribution is 7.89. The van der Waals surface area contributed by atoms with Gasteiger partial charge in [0.05, 0.1) is 4.90 Å². The largest absolute Gasteiger partial charge is 0.354 e. The number of carbonyl (C=O) groups is 1. The van der Waals surface area contributed by atoms with Crippen molar-refractivity contribution in [2.45, 2.75) is 30.2 Å². The third kappa shape index (κ3) is 4.78. The Labute approximate surface area is 148 Å². The molecule has 3 rings (SSSR count). The van der Waals surface area contributed by atoms with Crippen LogP contribution in [0.15, 0.2) is 47.4 Å². The molecule has 25 heavy (non-hydrogen) atoms. The van der Waals surface area contributed by atoms with E-state index in [9.17, 15) is 13.2 Å². The Kier molecular flexibility index (Phi) is 5.67. The lowest BCUT2D eigenvalue weighted by molar-refractivity contribution is -0.121. The van der Waals surface area contributed by atoms with Crippen molar-refractivity contribution in [1.82, 2.24) is 15.4 Å².